The van der Waals surface area contributed by atoms with E-state index in [9.17, 15) is 14.4 Å². The first-order valence-corrected chi connectivity index (χ1v) is 8.92. The molecule has 1 aliphatic heterocycles. The van der Waals surface area contributed by atoms with Crippen molar-refractivity contribution in [2.75, 3.05) is 6.54 Å². The van der Waals surface area contributed by atoms with Gasteiger partial charge in [-0.15, -0.1) is 0 Å². The van der Waals surface area contributed by atoms with E-state index < -0.39 is 11.6 Å². The van der Waals surface area contributed by atoms with Gasteiger partial charge >= 0.3 is 6.03 Å². The van der Waals surface area contributed by atoms with Crippen LogP contribution in [-0.2, 0) is 9.59 Å². The lowest BCUT2D eigenvalue weighted by atomic mass is 9.82. The highest BCUT2D eigenvalue weighted by molar-refractivity contribution is 6.09. The van der Waals surface area contributed by atoms with Crippen LogP contribution < -0.4 is 10.6 Å². The van der Waals surface area contributed by atoms with Crippen LogP contribution in [0, 0.1) is 6.92 Å². The number of hydrogen-bond acceptors (Lipinski definition) is 3. The van der Waals surface area contributed by atoms with Crippen LogP contribution in [0.3, 0.4) is 0 Å². The average molecular weight is 343 g/mol. The van der Waals surface area contributed by atoms with Crippen LogP contribution in [0.25, 0.3) is 0 Å². The van der Waals surface area contributed by atoms with E-state index in [1.54, 1.807) is 0 Å². The molecular formula is C19H25N3O3. The molecule has 25 heavy (non-hydrogen) atoms. The Kier molecular flexibility index (Phi) is 4.79. The van der Waals surface area contributed by atoms with Gasteiger partial charge in [0.1, 0.15) is 12.1 Å². The third-order valence-electron chi connectivity index (χ3n) is 5.29. The number of nitrogens with one attached hydrogen (secondary N) is 2. The van der Waals surface area contributed by atoms with E-state index in [-0.39, 0.29) is 24.4 Å². The van der Waals surface area contributed by atoms with Gasteiger partial charge in [0.2, 0.25) is 5.91 Å². The van der Waals surface area contributed by atoms with Crippen molar-refractivity contribution in [1.29, 1.82) is 0 Å². The number of benzene rings is 1. The van der Waals surface area contributed by atoms with Gasteiger partial charge in [-0.1, -0.05) is 43.5 Å². The number of carbonyl (C=O) groups excluding carboxylic acids is 3. The molecule has 4 amide bonds. The number of amides is 4. The molecule has 1 saturated heterocycles. The van der Waals surface area contributed by atoms with Crippen LogP contribution in [0.4, 0.5) is 4.79 Å². The molecule has 3 rings (SSSR count). The lowest BCUT2D eigenvalue weighted by Gasteiger charge is -2.30. The van der Waals surface area contributed by atoms with E-state index in [1.165, 1.54) is 0 Å². The Morgan fingerprint density at radius 1 is 1.24 bits per heavy atom. The Morgan fingerprint density at radius 2 is 1.92 bits per heavy atom. The van der Waals surface area contributed by atoms with E-state index in [1.807, 2.05) is 38.1 Å². The molecule has 0 bridgehead atoms. The third kappa shape index (κ3) is 3.38. The van der Waals surface area contributed by atoms with Gasteiger partial charge < -0.3 is 10.6 Å². The fourth-order valence-corrected chi connectivity index (χ4v) is 3.90. The van der Waals surface area contributed by atoms with E-state index in [2.05, 4.69) is 10.6 Å². The van der Waals surface area contributed by atoms with Crippen molar-refractivity contribution in [2.45, 2.75) is 57.5 Å². The van der Waals surface area contributed by atoms with Crippen LogP contribution in [0.2, 0.25) is 0 Å². The van der Waals surface area contributed by atoms with E-state index in [0.29, 0.717) is 12.8 Å². The molecule has 1 aromatic carbocycles. The van der Waals surface area contributed by atoms with Gasteiger partial charge in [-0.25, -0.2) is 4.79 Å². The van der Waals surface area contributed by atoms with Crippen LogP contribution in [-0.4, -0.2) is 34.8 Å². The second kappa shape index (κ2) is 6.86. The highest BCUT2D eigenvalue weighted by Gasteiger charge is 2.51. The van der Waals surface area contributed by atoms with E-state index in [0.717, 1.165) is 35.3 Å². The van der Waals surface area contributed by atoms with E-state index >= 15 is 0 Å². The molecule has 2 N–H and O–H groups in total. The first-order valence-electron chi connectivity index (χ1n) is 8.92. The number of carbonyl (C=O) groups is 3. The number of aryl methyl sites for hydroxylation is 1. The van der Waals surface area contributed by atoms with Crippen LogP contribution in [0.15, 0.2) is 24.3 Å². The van der Waals surface area contributed by atoms with Gasteiger partial charge in [0.15, 0.2) is 0 Å². The summed E-state index contributed by atoms with van der Waals surface area (Å²) in [5.74, 6) is -0.581. The van der Waals surface area contributed by atoms with Crippen LogP contribution >= 0.6 is 0 Å². The van der Waals surface area contributed by atoms with Gasteiger partial charge in [0.25, 0.3) is 5.91 Å². The van der Waals surface area contributed by atoms with Crippen LogP contribution in [0.1, 0.15) is 56.2 Å². The predicted molar refractivity (Wildman–Crippen MR) is 93.8 cm³/mol. The summed E-state index contributed by atoms with van der Waals surface area (Å²) in [6.07, 6.45) is 4.26. The zero-order chi connectivity index (χ0) is 18.0. The Bertz CT molecular complexity index is 695. The number of urea groups is 1. The van der Waals surface area contributed by atoms with Crippen molar-refractivity contribution in [3.05, 3.63) is 35.4 Å². The maximum absolute atomic E-state index is 12.7. The normalized spacial score (nSPS) is 20.5. The zero-order valence-corrected chi connectivity index (χ0v) is 14.8. The molecule has 1 unspecified atom stereocenters. The predicted octanol–water partition coefficient (Wildman–Crippen LogP) is 2.43. The smallest absolute Gasteiger partial charge is 0.325 e. The van der Waals surface area contributed by atoms with Crippen molar-refractivity contribution < 1.29 is 14.4 Å². The number of nitrogens with zero attached hydrogens (tertiary/aromatic N) is 1. The first kappa shape index (κ1) is 17.5. The maximum Gasteiger partial charge on any atom is 0.325 e. The molecule has 1 saturated carbocycles. The van der Waals surface area contributed by atoms with Gasteiger partial charge in [0, 0.05) is 0 Å². The second-order valence-electron chi connectivity index (χ2n) is 7.11. The zero-order valence-electron chi connectivity index (χ0n) is 14.8. The SMILES string of the molecule is Cc1ccccc1C(C)NC(=O)CN1C(=O)NC2(CCCCC2)C1=O. The largest absolute Gasteiger partial charge is 0.348 e. The Labute approximate surface area is 148 Å². The summed E-state index contributed by atoms with van der Waals surface area (Å²) in [5, 5.41) is 5.71. The van der Waals surface area contributed by atoms with Crippen molar-refractivity contribution in [3.63, 3.8) is 0 Å². The molecule has 0 radical (unpaired) electrons. The molecule has 1 heterocycles. The highest BCUT2D eigenvalue weighted by Crippen LogP contribution is 2.33. The molecule has 2 fully saturated rings. The summed E-state index contributed by atoms with van der Waals surface area (Å²) in [5.41, 5.74) is 1.33. The minimum absolute atomic E-state index is 0.182. The van der Waals surface area contributed by atoms with Gasteiger partial charge in [-0.05, 0) is 37.8 Å². The minimum Gasteiger partial charge on any atom is -0.348 e. The van der Waals surface area contributed by atoms with Crippen molar-refractivity contribution in [2.24, 2.45) is 0 Å². The minimum atomic E-state index is -0.781. The van der Waals surface area contributed by atoms with Crippen molar-refractivity contribution in [1.82, 2.24) is 15.5 Å². The highest BCUT2D eigenvalue weighted by atomic mass is 16.2. The monoisotopic (exact) mass is 343 g/mol. The molecule has 6 nitrogen and oxygen atoms in total. The molecule has 0 aromatic heterocycles. The fraction of sp³-hybridized carbons (Fsp3) is 0.526. The summed E-state index contributed by atoms with van der Waals surface area (Å²) in [7, 11) is 0. The third-order valence-corrected chi connectivity index (χ3v) is 5.29. The summed E-state index contributed by atoms with van der Waals surface area (Å²) >= 11 is 0. The Hall–Kier alpha value is -2.37. The molecule has 1 spiro atoms. The summed E-state index contributed by atoms with van der Waals surface area (Å²) in [6.45, 7) is 3.65. The Balaban J connectivity index is 1.64. The lowest BCUT2D eigenvalue weighted by molar-refractivity contribution is -0.136. The number of hydrogen-bond donors (Lipinski definition) is 2. The van der Waals surface area contributed by atoms with E-state index in [4.69, 9.17) is 0 Å². The molecule has 1 aliphatic carbocycles. The topological polar surface area (TPSA) is 78.5 Å². The number of imide groups is 1. The van der Waals surface area contributed by atoms with Crippen molar-refractivity contribution in [3.8, 4) is 0 Å². The van der Waals surface area contributed by atoms with Crippen LogP contribution in [0.5, 0.6) is 0 Å². The molecule has 1 aromatic rings. The average Bonchev–Trinajstić information content (AvgIpc) is 2.80. The fourth-order valence-electron chi connectivity index (χ4n) is 3.90. The molecule has 2 aliphatic rings. The standard InChI is InChI=1S/C19H25N3O3/c1-13-8-4-5-9-15(13)14(2)20-16(23)12-22-17(24)19(21-18(22)25)10-6-3-7-11-19/h4-5,8-9,14H,3,6-7,10-12H2,1-2H3,(H,20,23)(H,21,25). The van der Waals surface area contributed by atoms with Gasteiger partial charge in [0.05, 0.1) is 6.04 Å². The van der Waals surface area contributed by atoms with Gasteiger partial charge in [-0.3, -0.25) is 14.5 Å². The molecule has 134 valence electrons. The Morgan fingerprint density at radius 3 is 2.60 bits per heavy atom. The maximum atomic E-state index is 12.7. The van der Waals surface area contributed by atoms with Crippen molar-refractivity contribution >= 4 is 17.8 Å². The van der Waals surface area contributed by atoms with Gasteiger partial charge in [-0.2, -0.15) is 0 Å². The lowest BCUT2D eigenvalue weighted by Crippen LogP contribution is -2.49. The summed E-state index contributed by atoms with van der Waals surface area (Å²) in [4.78, 5) is 38.4. The quantitative estimate of drug-likeness (QED) is 0.824. The summed E-state index contributed by atoms with van der Waals surface area (Å²) < 4.78 is 0. The molecular weight excluding hydrogens is 318 g/mol. The first-order chi connectivity index (χ1) is 11.9. The second-order valence-corrected chi connectivity index (χ2v) is 7.11. The summed E-state index contributed by atoms with van der Waals surface area (Å²) in [6, 6.07) is 7.19. The molecule has 6 heteroatoms. The number of rotatable bonds is 4. The molecule has 1 atom stereocenters.